The number of carbonyl (C=O) groups is 6. The first-order chi connectivity index (χ1) is 20.8. The van der Waals surface area contributed by atoms with E-state index < -0.39 is 34.7 Å². The Morgan fingerprint density at radius 2 is 0.622 bits per heavy atom. The molecule has 45 heavy (non-hydrogen) atoms. The third-order valence-corrected chi connectivity index (χ3v) is 6.21. The second-order valence-corrected chi connectivity index (χ2v) is 14.2. The number of carboxylic acids is 1. The first-order valence-corrected chi connectivity index (χ1v) is 15.8. The van der Waals surface area contributed by atoms with E-state index in [0.717, 1.165) is 0 Å². The molecule has 12 heteroatoms. The number of carbonyl (C=O) groups excluding carboxylic acids is 5. The van der Waals surface area contributed by atoms with E-state index in [4.69, 9.17) is 28.8 Å². The molecule has 0 atom stereocenters. The summed E-state index contributed by atoms with van der Waals surface area (Å²) in [5, 5.41) is 8.62. The zero-order valence-electron chi connectivity index (χ0n) is 28.5. The fourth-order valence-corrected chi connectivity index (χ4v) is 3.47. The summed E-state index contributed by atoms with van der Waals surface area (Å²) in [5.74, 6) is -2.80. The minimum absolute atomic E-state index is 0.00945. The van der Waals surface area contributed by atoms with Crippen molar-refractivity contribution < 1.29 is 57.6 Å². The maximum Gasteiger partial charge on any atom is 0.305 e. The molecule has 0 saturated heterocycles. The Morgan fingerprint density at radius 1 is 0.400 bits per heavy atom. The van der Waals surface area contributed by atoms with Crippen LogP contribution in [0.2, 0.25) is 0 Å². The third kappa shape index (κ3) is 26.9. The highest BCUT2D eigenvalue weighted by molar-refractivity contribution is 5.72. The quantitative estimate of drug-likeness (QED) is 0.0789. The van der Waals surface area contributed by atoms with E-state index in [1.165, 1.54) is 0 Å². The van der Waals surface area contributed by atoms with Gasteiger partial charge in [-0.05, 0) is 43.9 Å². The second-order valence-electron chi connectivity index (χ2n) is 14.2. The van der Waals surface area contributed by atoms with Crippen molar-refractivity contribution in [3.63, 3.8) is 0 Å². The van der Waals surface area contributed by atoms with Gasteiger partial charge in [-0.2, -0.15) is 0 Å². The van der Waals surface area contributed by atoms with Crippen LogP contribution >= 0.6 is 0 Å². The molecule has 0 aliphatic rings. The molecule has 0 fully saturated rings. The molecule has 0 bridgehead atoms. The Morgan fingerprint density at radius 3 is 0.844 bits per heavy atom. The molecule has 0 saturated carbocycles. The number of unbranched alkanes of at least 4 members (excludes halogenated alkanes) is 3. The molecule has 0 amide bonds. The summed E-state index contributed by atoms with van der Waals surface area (Å²) in [5.41, 5.74) is -1.25. The Balaban J connectivity index is 4.01. The van der Waals surface area contributed by atoms with Gasteiger partial charge >= 0.3 is 35.8 Å². The standard InChI is InChI=1S/C33H56O12/c1-31(2,3)20-41-26(36)16-10-11-17-28(38)43-23-33(6,7)24-45-30(40)19-13-12-18-29(39)44-22-32(4,5)21-42-27(37)15-9-8-14-25(34)35/h8-24H2,1-7H3,(H,34,35). The number of esters is 5. The summed E-state index contributed by atoms with van der Waals surface area (Å²) in [7, 11) is 0. The zero-order valence-corrected chi connectivity index (χ0v) is 28.5. The zero-order chi connectivity index (χ0) is 34.5. The summed E-state index contributed by atoms with van der Waals surface area (Å²) in [6, 6.07) is 0. The van der Waals surface area contributed by atoms with Crippen LogP contribution < -0.4 is 0 Å². The lowest BCUT2D eigenvalue weighted by Crippen LogP contribution is -2.28. The van der Waals surface area contributed by atoms with Gasteiger partial charge in [0.25, 0.3) is 0 Å². The van der Waals surface area contributed by atoms with Crippen LogP contribution in [0, 0.1) is 16.2 Å². The number of carboxylic acid groups (broad SMARTS) is 1. The van der Waals surface area contributed by atoms with Crippen LogP contribution in [0.4, 0.5) is 0 Å². The van der Waals surface area contributed by atoms with E-state index in [2.05, 4.69) is 0 Å². The number of aliphatic carboxylic acids is 1. The molecule has 0 aromatic rings. The Labute approximate surface area is 268 Å². The molecule has 12 nitrogen and oxygen atoms in total. The topological polar surface area (TPSA) is 169 Å². The average Bonchev–Trinajstić information content (AvgIpc) is 2.94. The van der Waals surface area contributed by atoms with Crippen LogP contribution in [0.25, 0.3) is 0 Å². The molecule has 0 rings (SSSR count). The first-order valence-electron chi connectivity index (χ1n) is 15.8. The van der Waals surface area contributed by atoms with Crippen molar-refractivity contribution in [1.29, 1.82) is 0 Å². The normalized spacial score (nSPS) is 11.8. The van der Waals surface area contributed by atoms with Crippen LogP contribution in [0.1, 0.15) is 126 Å². The van der Waals surface area contributed by atoms with E-state index in [0.29, 0.717) is 45.1 Å². The number of rotatable bonds is 24. The molecular formula is C33H56O12. The van der Waals surface area contributed by atoms with Gasteiger partial charge in [0.1, 0.15) is 0 Å². The highest BCUT2D eigenvalue weighted by atomic mass is 16.6. The lowest BCUT2D eigenvalue weighted by atomic mass is 9.96. The minimum Gasteiger partial charge on any atom is -0.481 e. The number of hydrogen-bond acceptors (Lipinski definition) is 11. The Kier molecular flexibility index (Phi) is 20.0. The van der Waals surface area contributed by atoms with Gasteiger partial charge in [-0.25, -0.2) is 0 Å². The fraction of sp³-hybridized carbons (Fsp3) is 0.818. The summed E-state index contributed by atoms with van der Waals surface area (Å²) in [6.45, 7) is 13.8. The van der Waals surface area contributed by atoms with Gasteiger partial charge in [-0.15, -0.1) is 0 Å². The molecule has 0 aromatic carbocycles. The van der Waals surface area contributed by atoms with Crippen molar-refractivity contribution in [1.82, 2.24) is 0 Å². The van der Waals surface area contributed by atoms with Gasteiger partial charge in [0.15, 0.2) is 0 Å². The van der Waals surface area contributed by atoms with Gasteiger partial charge in [0.05, 0.1) is 33.0 Å². The summed E-state index contributed by atoms with van der Waals surface area (Å²) < 4.78 is 26.4. The monoisotopic (exact) mass is 644 g/mol. The van der Waals surface area contributed by atoms with Crippen LogP contribution in [-0.2, 0) is 52.5 Å². The smallest absolute Gasteiger partial charge is 0.305 e. The van der Waals surface area contributed by atoms with Gasteiger partial charge in [0, 0.05) is 49.4 Å². The van der Waals surface area contributed by atoms with Gasteiger partial charge < -0.3 is 28.8 Å². The lowest BCUT2D eigenvalue weighted by Gasteiger charge is -2.24. The van der Waals surface area contributed by atoms with Crippen LogP contribution in [-0.4, -0.2) is 74.0 Å². The van der Waals surface area contributed by atoms with Crippen molar-refractivity contribution in [3.8, 4) is 0 Å². The fourth-order valence-electron chi connectivity index (χ4n) is 3.47. The molecule has 0 unspecified atom stereocenters. The highest BCUT2D eigenvalue weighted by Gasteiger charge is 2.24. The second kappa shape index (κ2) is 21.5. The molecule has 0 heterocycles. The van der Waals surface area contributed by atoms with Crippen molar-refractivity contribution in [3.05, 3.63) is 0 Å². The van der Waals surface area contributed by atoms with Crippen molar-refractivity contribution >= 4 is 35.8 Å². The van der Waals surface area contributed by atoms with Crippen LogP contribution in [0.3, 0.4) is 0 Å². The van der Waals surface area contributed by atoms with E-state index in [1.54, 1.807) is 13.8 Å². The third-order valence-electron chi connectivity index (χ3n) is 6.21. The Bertz CT molecular complexity index is 946. The van der Waals surface area contributed by atoms with Crippen LogP contribution in [0.5, 0.6) is 0 Å². The molecule has 0 aliphatic carbocycles. The average molecular weight is 645 g/mol. The Hall–Kier alpha value is -3.18. The van der Waals surface area contributed by atoms with Gasteiger partial charge in [-0.1, -0.05) is 48.5 Å². The van der Waals surface area contributed by atoms with E-state index in [-0.39, 0.29) is 82.3 Å². The molecule has 0 aliphatic heterocycles. The maximum absolute atomic E-state index is 12.1. The van der Waals surface area contributed by atoms with Gasteiger partial charge in [-0.3, -0.25) is 28.8 Å². The van der Waals surface area contributed by atoms with E-state index in [1.807, 2.05) is 34.6 Å². The molecule has 0 radical (unpaired) electrons. The van der Waals surface area contributed by atoms with Crippen LogP contribution in [0.15, 0.2) is 0 Å². The molecule has 1 N–H and O–H groups in total. The minimum atomic E-state index is -0.902. The maximum atomic E-state index is 12.1. The van der Waals surface area contributed by atoms with Crippen molar-refractivity contribution in [2.45, 2.75) is 126 Å². The summed E-state index contributed by atoms with van der Waals surface area (Å²) in [6.07, 6.45) is 3.61. The molecular weight excluding hydrogens is 588 g/mol. The molecule has 260 valence electrons. The van der Waals surface area contributed by atoms with E-state index >= 15 is 0 Å². The largest absolute Gasteiger partial charge is 0.481 e. The highest BCUT2D eigenvalue weighted by Crippen LogP contribution is 2.19. The molecule has 0 spiro atoms. The predicted octanol–water partition coefficient (Wildman–Crippen LogP) is 5.57. The lowest BCUT2D eigenvalue weighted by molar-refractivity contribution is -0.155. The van der Waals surface area contributed by atoms with Crippen molar-refractivity contribution in [2.75, 3.05) is 33.0 Å². The summed E-state index contributed by atoms with van der Waals surface area (Å²) in [4.78, 5) is 70.4. The SMILES string of the molecule is CC(C)(C)COC(=O)CCCCC(=O)OCC(C)(C)COC(=O)CCCCC(=O)OCC(C)(C)COC(=O)CCCCC(=O)O. The first kappa shape index (κ1) is 41.8. The van der Waals surface area contributed by atoms with Crippen molar-refractivity contribution in [2.24, 2.45) is 16.2 Å². The molecule has 0 aromatic heterocycles. The number of ether oxygens (including phenoxy) is 5. The number of hydrogen-bond donors (Lipinski definition) is 1. The predicted molar refractivity (Wildman–Crippen MR) is 165 cm³/mol. The summed E-state index contributed by atoms with van der Waals surface area (Å²) >= 11 is 0. The van der Waals surface area contributed by atoms with Gasteiger partial charge in [0.2, 0.25) is 0 Å². The van der Waals surface area contributed by atoms with E-state index in [9.17, 15) is 28.8 Å².